The summed E-state index contributed by atoms with van der Waals surface area (Å²) in [6, 6.07) is 14.2. The molecule has 0 saturated carbocycles. The Morgan fingerprint density at radius 3 is 2.73 bits per heavy atom. The average Bonchev–Trinajstić information content (AvgIpc) is 2.64. The predicted octanol–water partition coefficient (Wildman–Crippen LogP) is 3.59. The Bertz CT molecular complexity index is 745. The first-order valence-corrected chi connectivity index (χ1v) is 9.52. The molecule has 0 aliphatic carbocycles. The number of hydrogen-bond donors (Lipinski definition) is 0. The van der Waals surface area contributed by atoms with Gasteiger partial charge in [-0.2, -0.15) is 0 Å². The summed E-state index contributed by atoms with van der Waals surface area (Å²) in [6.07, 6.45) is 3.04. The minimum absolute atomic E-state index is 0.162. The highest BCUT2D eigenvalue weighted by molar-refractivity contribution is 6.30. The molecule has 3 rings (SSSR count). The minimum Gasteiger partial charge on any atom is -0.348 e. The molecular weight excluding hydrogens is 346 g/mol. The van der Waals surface area contributed by atoms with E-state index in [1.54, 1.807) is 4.90 Å². The molecule has 0 radical (unpaired) electrons. The maximum absolute atomic E-state index is 12.0. The van der Waals surface area contributed by atoms with Gasteiger partial charge in [-0.3, -0.25) is 14.7 Å². The van der Waals surface area contributed by atoms with E-state index in [0.29, 0.717) is 12.5 Å². The van der Waals surface area contributed by atoms with Gasteiger partial charge in [0.25, 0.3) is 0 Å². The first-order valence-electron chi connectivity index (χ1n) is 9.14. The van der Waals surface area contributed by atoms with Gasteiger partial charge in [0, 0.05) is 49.4 Å². The molecule has 1 amide bonds. The summed E-state index contributed by atoms with van der Waals surface area (Å²) in [5.41, 5.74) is 3.42. The number of likely N-dealkylation sites (N-methyl/N-ethyl adjacent to an activating group) is 1. The molecule has 0 N–H and O–H groups in total. The zero-order valence-corrected chi connectivity index (χ0v) is 16.2. The number of carbonyl (C=O) groups excluding carboxylic acids is 1. The standard InChI is InChI=1S/C21H26ClN3O/c1-24(2)21(26)15-25-12-4-5-17(14-25)20-7-3-6-19(23-20)13-16-8-10-18(22)11-9-16/h3,6-11,17H,4-5,12-15H2,1-2H3/t17-/m0/s1. The molecule has 1 atom stereocenters. The Morgan fingerprint density at radius 1 is 1.23 bits per heavy atom. The minimum atomic E-state index is 0.162. The average molecular weight is 372 g/mol. The van der Waals surface area contributed by atoms with E-state index in [9.17, 15) is 4.79 Å². The molecule has 1 aromatic carbocycles. The van der Waals surface area contributed by atoms with Crippen LogP contribution in [0, 0.1) is 0 Å². The summed E-state index contributed by atoms with van der Waals surface area (Å²) in [5, 5.41) is 0.755. The van der Waals surface area contributed by atoms with Gasteiger partial charge in [-0.15, -0.1) is 0 Å². The van der Waals surface area contributed by atoms with Crippen molar-refractivity contribution in [3.63, 3.8) is 0 Å². The summed E-state index contributed by atoms with van der Waals surface area (Å²) < 4.78 is 0. The Morgan fingerprint density at radius 2 is 2.00 bits per heavy atom. The first kappa shape index (κ1) is 18.9. The van der Waals surface area contributed by atoms with Crippen LogP contribution in [0.15, 0.2) is 42.5 Å². The zero-order valence-electron chi connectivity index (χ0n) is 15.5. The molecule has 2 aromatic rings. The number of carbonyl (C=O) groups is 1. The van der Waals surface area contributed by atoms with Gasteiger partial charge in [0.1, 0.15) is 0 Å². The van der Waals surface area contributed by atoms with Gasteiger partial charge >= 0.3 is 0 Å². The molecule has 138 valence electrons. The highest BCUT2D eigenvalue weighted by atomic mass is 35.5. The van der Waals surface area contributed by atoms with Crippen molar-refractivity contribution in [1.82, 2.24) is 14.8 Å². The van der Waals surface area contributed by atoms with Crippen molar-refractivity contribution >= 4 is 17.5 Å². The number of rotatable bonds is 5. The third-order valence-corrected chi connectivity index (χ3v) is 5.16. The van der Waals surface area contributed by atoms with Crippen molar-refractivity contribution < 1.29 is 4.79 Å². The van der Waals surface area contributed by atoms with Crippen LogP contribution in [0.3, 0.4) is 0 Å². The molecule has 1 fully saturated rings. The first-order chi connectivity index (χ1) is 12.5. The molecule has 0 bridgehead atoms. The van der Waals surface area contributed by atoms with Crippen LogP contribution in [-0.4, -0.2) is 54.4 Å². The van der Waals surface area contributed by atoms with Crippen LogP contribution in [-0.2, 0) is 11.2 Å². The Kier molecular flexibility index (Phi) is 6.28. The molecule has 5 heteroatoms. The molecule has 2 heterocycles. The van der Waals surface area contributed by atoms with Gasteiger partial charge in [0.15, 0.2) is 0 Å². The van der Waals surface area contributed by atoms with Crippen molar-refractivity contribution in [3.8, 4) is 0 Å². The lowest BCUT2D eigenvalue weighted by atomic mass is 9.94. The van der Waals surface area contributed by atoms with Crippen molar-refractivity contribution in [2.75, 3.05) is 33.7 Å². The number of hydrogen-bond acceptors (Lipinski definition) is 3. The maximum atomic E-state index is 12.0. The topological polar surface area (TPSA) is 36.4 Å². The molecular formula is C21H26ClN3O. The summed E-state index contributed by atoms with van der Waals surface area (Å²) in [5.74, 6) is 0.555. The van der Waals surface area contributed by atoms with E-state index in [2.05, 4.69) is 23.1 Å². The van der Waals surface area contributed by atoms with Crippen LogP contribution < -0.4 is 0 Å². The molecule has 1 aliphatic heterocycles. The van der Waals surface area contributed by atoms with Crippen LogP contribution in [0.2, 0.25) is 5.02 Å². The smallest absolute Gasteiger partial charge is 0.236 e. The summed E-state index contributed by atoms with van der Waals surface area (Å²) in [6.45, 7) is 2.38. The van der Waals surface area contributed by atoms with Gasteiger partial charge in [0.05, 0.1) is 6.54 Å². The van der Waals surface area contributed by atoms with Crippen molar-refractivity contribution in [3.05, 3.63) is 64.4 Å². The second-order valence-corrected chi connectivity index (χ2v) is 7.66. The highest BCUT2D eigenvalue weighted by Gasteiger charge is 2.24. The Balaban J connectivity index is 1.67. The fourth-order valence-corrected chi connectivity index (χ4v) is 3.53. The van der Waals surface area contributed by atoms with Crippen LogP contribution in [0.1, 0.15) is 35.7 Å². The number of halogens is 1. The summed E-state index contributed by atoms with van der Waals surface area (Å²) in [7, 11) is 3.62. The lowest BCUT2D eigenvalue weighted by molar-refractivity contribution is -0.130. The van der Waals surface area contributed by atoms with Crippen molar-refractivity contribution in [1.29, 1.82) is 0 Å². The number of aromatic nitrogens is 1. The third-order valence-electron chi connectivity index (χ3n) is 4.91. The van der Waals surface area contributed by atoms with Crippen molar-refractivity contribution in [2.45, 2.75) is 25.2 Å². The predicted molar refractivity (Wildman–Crippen MR) is 106 cm³/mol. The van der Waals surface area contributed by atoms with Gasteiger partial charge < -0.3 is 4.90 Å². The number of piperidine rings is 1. The molecule has 0 spiro atoms. The monoisotopic (exact) mass is 371 g/mol. The Hall–Kier alpha value is -1.91. The Labute approximate surface area is 160 Å². The van der Waals surface area contributed by atoms with Gasteiger partial charge in [-0.1, -0.05) is 29.8 Å². The van der Waals surface area contributed by atoms with Crippen LogP contribution in [0.25, 0.3) is 0 Å². The van der Waals surface area contributed by atoms with Crippen LogP contribution >= 0.6 is 11.6 Å². The van der Waals surface area contributed by atoms with Gasteiger partial charge in [0.2, 0.25) is 5.91 Å². The van der Waals surface area contributed by atoms with Crippen LogP contribution in [0.5, 0.6) is 0 Å². The third kappa shape index (κ3) is 5.05. The van der Waals surface area contributed by atoms with Gasteiger partial charge in [-0.25, -0.2) is 0 Å². The van der Waals surface area contributed by atoms with E-state index < -0.39 is 0 Å². The molecule has 0 unspecified atom stereocenters. The maximum Gasteiger partial charge on any atom is 0.236 e. The lowest BCUT2D eigenvalue weighted by Gasteiger charge is -2.32. The van der Waals surface area contributed by atoms with Crippen molar-refractivity contribution in [2.24, 2.45) is 0 Å². The SMILES string of the molecule is CN(C)C(=O)CN1CCC[C@H](c2cccc(Cc3ccc(Cl)cc3)n2)C1. The summed E-state index contributed by atoms with van der Waals surface area (Å²) >= 11 is 5.96. The van der Waals surface area contributed by atoms with E-state index >= 15 is 0 Å². The zero-order chi connectivity index (χ0) is 18.5. The molecule has 26 heavy (non-hydrogen) atoms. The van der Waals surface area contributed by atoms with Crippen LogP contribution in [0.4, 0.5) is 0 Å². The van der Waals surface area contributed by atoms with E-state index in [1.807, 2.05) is 38.4 Å². The number of amides is 1. The van der Waals surface area contributed by atoms with Gasteiger partial charge in [-0.05, 0) is 49.2 Å². The molecule has 4 nitrogen and oxygen atoms in total. The number of likely N-dealkylation sites (tertiary alicyclic amines) is 1. The molecule has 1 saturated heterocycles. The normalized spacial score (nSPS) is 17.9. The summed E-state index contributed by atoms with van der Waals surface area (Å²) in [4.78, 5) is 20.8. The second kappa shape index (κ2) is 8.65. The number of nitrogens with zero attached hydrogens (tertiary/aromatic N) is 3. The molecule has 1 aromatic heterocycles. The fraction of sp³-hybridized carbons (Fsp3) is 0.429. The largest absolute Gasteiger partial charge is 0.348 e. The highest BCUT2D eigenvalue weighted by Crippen LogP contribution is 2.26. The lowest BCUT2D eigenvalue weighted by Crippen LogP contribution is -2.41. The fourth-order valence-electron chi connectivity index (χ4n) is 3.41. The molecule has 1 aliphatic rings. The number of pyridine rings is 1. The number of benzene rings is 1. The van der Waals surface area contributed by atoms with E-state index in [1.165, 1.54) is 5.56 Å². The van der Waals surface area contributed by atoms with E-state index in [-0.39, 0.29) is 5.91 Å². The quantitative estimate of drug-likeness (QED) is 0.805. The second-order valence-electron chi connectivity index (χ2n) is 7.22. The van der Waals surface area contributed by atoms with E-state index in [4.69, 9.17) is 16.6 Å². The van der Waals surface area contributed by atoms with E-state index in [0.717, 1.165) is 48.8 Å².